The van der Waals surface area contributed by atoms with Crippen LogP contribution >= 0.6 is 0 Å². The molecule has 2 rings (SSSR count). The third-order valence-corrected chi connectivity index (χ3v) is 3.02. The lowest BCUT2D eigenvalue weighted by Crippen LogP contribution is -2.47. The molecule has 2 heterocycles. The van der Waals surface area contributed by atoms with Crippen LogP contribution < -0.4 is 11.2 Å². The Balaban J connectivity index is 2.43. The molecule has 0 aliphatic carbocycles. The molecule has 1 aromatic heterocycles. The van der Waals surface area contributed by atoms with E-state index in [0.717, 1.165) is 4.57 Å². The number of aromatic amines is 1. The van der Waals surface area contributed by atoms with Gasteiger partial charge in [-0.25, -0.2) is 4.79 Å². The van der Waals surface area contributed by atoms with Crippen molar-refractivity contribution in [3.05, 3.63) is 32.6 Å². The van der Waals surface area contributed by atoms with Crippen molar-refractivity contribution in [1.82, 2.24) is 9.55 Å². The number of aryl methyl sites for hydroxylation is 1. The molecule has 0 amide bonds. The maximum absolute atomic E-state index is 11.6. The molecule has 8 nitrogen and oxygen atoms in total. The molecule has 0 bridgehead atoms. The van der Waals surface area contributed by atoms with Gasteiger partial charge in [0.1, 0.15) is 11.7 Å². The van der Waals surface area contributed by atoms with Gasteiger partial charge in [0.05, 0.1) is 13.2 Å². The van der Waals surface area contributed by atoms with E-state index in [-0.39, 0.29) is 12.2 Å². The predicted molar refractivity (Wildman–Crippen MR) is 59.1 cm³/mol. The van der Waals surface area contributed by atoms with Gasteiger partial charge in [-0.05, 0) is 6.92 Å². The summed E-state index contributed by atoms with van der Waals surface area (Å²) < 4.78 is 6.10. The summed E-state index contributed by atoms with van der Waals surface area (Å²) in [6, 6.07) is 0. The Hall–Kier alpha value is -1.48. The largest absolute Gasteiger partial charge is 0.393 e. The summed E-state index contributed by atoms with van der Waals surface area (Å²) in [6.07, 6.45) is -1.38. The maximum atomic E-state index is 11.6. The Bertz CT molecular complexity index is 564. The molecule has 1 aliphatic rings. The van der Waals surface area contributed by atoms with Gasteiger partial charge >= 0.3 is 5.69 Å². The zero-order valence-corrected chi connectivity index (χ0v) is 9.66. The molecule has 0 aromatic carbocycles. The first-order chi connectivity index (χ1) is 8.39. The maximum Gasteiger partial charge on any atom is 0.330 e. The second-order valence-electron chi connectivity index (χ2n) is 4.39. The fourth-order valence-corrected chi connectivity index (χ4v) is 1.82. The van der Waals surface area contributed by atoms with Gasteiger partial charge in [0.15, 0.2) is 6.23 Å². The number of ether oxygens (including phenoxy) is 1. The third-order valence-electron chi connectivity index (χ3n) is 3.02. The average Bonchev–Trinajstić information content (AvgIpc) is 2.62. The van der Waals surface area contributed by atoms with Gasteiger partial charge in [-0.1, -0.05) is 0 Å². The molecule has 1 aliphatic heterocycles. The van der Waals surface area contributed by atoms with Crippen LogP contribution in [0.4, 0.5) is 0 Å². The summed E-state index contributed by atoms with van der Waals surface area (Å²) >= 11 is 0. The smallest absolute Gasteiger partial charge is 0.330 e. The second kappa shape index (κ2) is 4.32. The second-order valence-corrected chi connectivity index (χ2v) is 4.39. The van der Waals surface area contributed by atoms with Crippen molar-refractivity contribution in [2.75, 3.05) is 13.2 Å². The predicted octanol–water partition coefficient (Wildman–Crippen LogP) is -2.54. The first-order valence-electron chi connectivity index (χ1n) is 5.34. The first-order valence-corrected chi connectivity index (χ1v) is 5.34. The summed E-state index contributed by atoms with van der Waals surface area (Å²) in [5.41, 5.74) is -2.82. The van der Waals surface area contributed by atoms with E-state index in [1.54, 1.807) is 0 Å². The first kappa shape index (κ1) is 13.0. The fraction of sp³-hybridized carbons (Fsp3) is 0.600. The zero-order valence-electron chi connectivity index (χ0n) is 9.66. The lowest BCUT2D eigenvalue weighted by Gasteiger charge is -2.24. The number of aliphatic hydroxyl groups excluding tert-OH is 2. The number of H-pyrrole nitrogens is 1. The Morgan fingerprint density at radius 1 is 1.61 bits per heavy atom. The Labute approximate surface area is 101 Å². The van der Waals surface area contributed by atoms with Crippen LogP contribution in [-0.2, 0) is 4.74 Å². The van der Waals surface area contributed by atoms with Crippen LogP contribution in [-0.4, -0.2) is 49.8 Å². The number of rotatable bonds is 2. The SMILES string of the molecule is Cc1cn([C@@H]2OC[C@](O)(CO)[C@H]2O)c(=O)[nH]c1=O. The average molecular weight is 258 g/mol. The van der Waals surface area contributed by atoms with Gasteiger partial charge in [-0.3, -0.25) is 14.3 Å². The van der Waals surface area contributed by atoms with Gasteiger partial charge in [0.25, 0.3) is 5.56 Å². The van der Waals surface area contributed by atoms with E-state index in [1.807, 2.05) is 0 Å². The summed E-state index contributed by atoms with van der Waals surface area (Å²) in [5.74, 6) is 0. The molecule has 18 heavy (non-hydrogen) atoms. The van der Waals surface area contributed by atoms with Crippen molar-refractivity contribution < 1.29 is 20.1 Å². The molecule has 4 N–H and O–H groups in total. The number of hydrogen-bond donors (Lipinski definition) is 4. The highest BCUT2D eigenvalue weighted by Gasteiger charge is 2.48. The quantitative estimate of drug-likeness (QED) is 0.463. The number of nitrogens with zero attached hydrogens (tertiary/aromatic N) is 1. The van der Waals surface area contributed by atoms with E-state index in [2.05, 4.69) is 4.98 Å². The highest BCUT2D eigenvalue weighted by molar-refractivity contribution is 5.04. The van der Waals surface area contributed by atoms with Crippen LogP contribution in [0.1, 0.15) is 11.8 Å². The molecule has 3 atom stereocenters. The highest BCUT2D eigenvalue weighted by atomic mass is 16.6. The van der Waals surface area contributed by atoms with E-state index < -0.39 is 35.8 Å². The lowest BCUT2D eigenvalue weighted by atomic mass is 10.0. The summed E-state index contributed by atoms with van der Waals surface area (Å²) in [7, 11) is 0. The minimum Gasteiger partial charge on any atom is -0.393 e. The summed E-state index contributed by atoms with van der Waals surface area (Å²) in [4.78, 5) is 24.9. The normalized spacial score (nSPS) is 31.8. The van der Waals surface area contributed by atoms with Crippen molar-refractivity contribution in [2.45, 2.75) is 24.9 Å². The molecular weight excluding hydrogens is 244 g/mol. The van der Waals surface area contributed by atoms with Crippen LogP contribution in [0.2, 0.25) is 0 Å². The van der Waals surface area contributed by atoms with E-state index in [9.17, 15) is 19.8 Å². The third kappa shape index (κ3) is 1.89. The Morgan fingerprint density at radius 3 is 2.83 bits per heavy atom. The van der Waals surface area contributed by atoms with E-state index in [4.69, 9.17) is 9.84 Å². The summed E-state index contributed by atoms with van der Waals surface area (Å²) in [6.45, 7) is 0.496. The van der Waals surface area contributed by atoms with Crippen LogP contribution in [0.25, 0.3) is 0 Å². The van der Waals surface area contributed by atoms with Gasteiger partial charge in [-0.15, -0.1) is 0 Å². The molecule has 100 valence electrons. The standard InChI is InChI=1S/C10H14N2O6/c1-5-2-12(9(16)11-7(5)15)8-6(14)10(17,3-13)4-18-8/h2,6,8,13-14,17H,3-4H2,1H3,(H,11,15,16)/t6-,8+,10+/m0/s1. The van der Waals surface area contributed by atoms with Crippen molar-refractivity contribution in [3.63, 3.8) is 0 Å². The van der Waals surface area contributed by atoms with Crippen LogP contribution in [0.5, 0.6) is 0 Å². The van der Waals surface area contributed by atoms with E-state index in [1.165, 1.54) is 13.1 Å². The molecular formula is C10H14N2O6. The number of nitrogens with one attached hydrogen (secondary N) is 1. The molecule has 1 aromatic rings. The Kier molecular flexibility index (Phi) is 3.11. The van der Waals surface area contributed by atoms with Crippen molar-refractivity contribution in [2.24, 2.45) is 0 Å². The van der Waals surface area contributed by atoms with Crippen LogP contribution in [0.15, 0.2) is 15.8 Å². The minimum atomic E-state index is -1.81. The summed E-state index contributed by atoms with van der Waals surface area (Å²) in [5, 5.41) is 28.7. The zero-order chi connectivity index (χ0) is 13.5. The molecule has 0 radical (unpaired) electrons. The fourth-order valence-electron chi connectivity index (χ4n) is 1.82. The monoisotopic (exact) mass is 258 g/mol. The number of hydrogen-bond acceptors (Lipinski definition) is 6. The van der Waals surface area contributed by atoms with Crippen molar-refractivity contribution in [1.29, 1.82) is 0 Å². The number of aromatic nitrogens is 2. The van der Waals surface area contributed by atoms with Gasteiger partial charge in [0, 0.05) is 11.8 Å². The van der Waals surface area contributed by atoms with Crippen LogP contribution in [0, 0.1) is 6.92 Å². The van der Waals surface area contributed by atoms with Crippen molar-refractivity contribution >= 4 is 0 Å². The van der Waals surface area contributed by atoms with Gasteiger partial charge in [0.2, 0.25) is 0 Å². The Morgan fingerprint density at radius 2 is 2.28 bits per heavy atom. The molecule has 1 fully saturated rings. The van der Waals surface area contributed by atoms with E-state index >= 15 is 0 Å². The van der Waals surface area contributed by atoms with Gasteiger partial charge in [-0.2, -0.15) is 0 Å². The molecule has 0 unspecified atom stereocenters. The van der Waals surface area contributed by atoms with E-state index in [0.29, 0.717) is 0 Å². The van der Waals surface area contributed by atoms with Crippen LogP contribution in [0.3, 0.4) is 0 Å². The molecule has 1 saturated heterocycles. The minimum absolute atomic E-state index is 0.268. The topological polar surface area (TPSA) is 125 Å². The lowest BCUT2D eigenvalue weighted by molar-refractivity contribution is -0.0882. The molecule has 0 saturated carbocycles. The highest BCUT2D eigenvalue weighted by Crippen LogP contribution is 2.30. The van der Waals surface area contributed by atoms with Crippen molar-refractivity contribution in [3.8, 4) is 0 Å². The number of aliphatic hydroxyl groups is 3. The molecule has 0 spiro atoms. The van der Waals surface area contributed by atoms with Gasteiger partial charge < -0.3 is 20.1 Å². The molecule has 8 heteroatoms.